The second kappa shape index (κ2) is 5.46. The Bertz CT molecular complexity index is 528. The van der Waals surface area contributed by atoms with E-state index in [1.165, 1.54) is 6.07 Å². The summed E-state index contributed by atoms with van der Waals surface area (Å²) >= 11 is 1.73. The molecule has 7 heteroatoms. The second-order valence-electron chi connectivity index (χ2n) is 4.22. The van der Waals surface area contributed by atoms with Crippen molar-refractivity contribution in [3.63, 3.8) is 0 Å². The SMILES string of the molecule is Nc1cc(F)ccc1S(=O)(=O)NC1CCCSC1. The topological polar surface area (TPSA) is 72.2 Å². The Labute approximate surface area is 110 Å². The number of nitrogens with two attached hydrogens (primary N) is 1. The van der Waals surface area contributed by atoms with Crippen LogP contribution in [0.4, 0.5) is 10.1 Å². The van der Waals surface area contributed by atoms with E-state index in [9.17, 15) is 12.8 Å². The predicted octanol–water partition coefficient (Wildman–Crippen LogP) is 1.58. The van der Waals surface area contributed by atoms with Crippen LogP contribution in [-0.2, 0) is 10.0 Å². The summed E-state index contributed by atoms with van der Waals surface area (Å²) in [5.74, 6) is 1.29. The molecule has 1 heterocycles. The van der Waals surface area contributed by atoms with Gasteiger partial charge in [0.05, 0.1) is 5.69 Å². The predicted molar refractivity (Wildman–Crippen MR) is 71.5 cm³/mol. The molecule has 1 fully saturated rings. The molecule has 0 saturated carbocycles. The molecule has 0 amide bonds. The zero-order valence-corrected chi connectivity index (χ0v) is 11.4. The van der Waals surface area contributed by atoms with Crippen molar-refractivity contribution in [2.45, 2.75) is 23.8 Å². The van der Waals surface area contributed by atoms with Gasteiger partial charge in [-0.1, -0.05) is 0 Å². The fourth-order valence-electron chi connectivity index (χ4n) is 1.88. The first-order chi connectivity index (χ1) is 8.49. The fourth-order valence-corrected chi connectivity index (χ4v) is 4.44. The lowest BCUT2D eigenvalue weighted by Crippen LogP contribution is -2.38. The number of sulfonamides is 1. The summed E-state index contributed by atoms with van der Waals surface area (Å²) in [7, 11) is -3.66. The van der Waals surface area contributed by atoms with E-state index < -0.39 is 15.8 Å². The molecule has 2 rings (SSSR count). The first-order valence-electron chi connectivity index (χ1n) is 5.64. The number of nitrogen functional groups attached to an aromatic ring is 1. The molecule has 100 valence electrons. The van der Waals surface area contributed by atoms with Crippen LogP contribution in [0.3, 0.4) is 0 Å². The first-order valence-corrected chi connectivity index (χ1v) is 8.28. The van der Waals surface area contributed by atoms with Crippen LogP contribution in [0, 0.1) is 5.82 Å². The van der Waals surface area contributed by atoms with E-state index in [2.05, 4.69) is 4.72 Å². The zero-order valence-electron chi connectivity index (χ0n) is 9.73. The molecule has 1 saturated heterocycles. The highest BCUT2D eigenvalue weighted by Crippen LogP contribution is 2.22. The molecule has 0 radical (unpaired) electrons. The summed E-state index contributed by atoms with van der Waals surface area (Å²) in [5.41, 5.74) is 5.48. The van der Waals surface area contributed by atoms with Gasteiger partial charge in [0.15, 0.2) is 0 Å². The molecule has 1 atom stereocenters. The van der Waals surface area contributed by atoms with Gasteiger partial charge in [0.2, 0.25) is 10.0 Å². The third kappa shape index (κ3) is 3.15. The summed E-state index contributed by atoms with van der Waals surface area (Å²) in [4.78, 5) is -0.0560. The normalized spacial score (nSPS) is 20.8. The third-order valence-electron chi connectivity index (χ3n) is 2.74. The molecule has 1 aromatic rings. The number of nitrogens with one attached hydrogen (secondary N) is 1. The molecule has 0 aliphatic carbocycles. The van der Waals surface area contributed by atoms with Crippen LogP contribution < -0.4 is 10.5 Å². The average Bonchev–Trinajstić information content (AvgIpc) is 2.29. The van der Waals surface area contributed by atoms with Crippen LogP contribution in [0.15, 0.2) is 23.1 Å². The maximum atomic E-state index is 12.9. The molecular formula is C11H15FN2O2S2. The smallest absolute Gasteiger partial charge is 0.242 e. The molecule has 1 aromatic carbocycles. The van der Waals surface area contributed by atoms with E-state index in [0.717, 1.165) is 36.5 Å². The largest absolute Gasteiger partial charge is 0.398 e. The lowest BCUT2D eigenvalue weighted by Gasteiger charge is -2.22. The van der Waals surface area contributed by atoms with Crippen LogP contribution in [-0.4, -0.2) is 26.0 Å². The van der Waals surface area contributed by atoms with Gasteiger partial charge in [-0.2, -0.15) is 11.8 Å². The van der Waals surface area contributed by atoms with E-state index in [-0.39, 0.29) is 16.6 Å². The van der Waals surface area contributed by atoms with Crippen molar-refractivity contribution in [2.75, 3.05) is 17.2 Å². The van der Waals surface area contributed by atoms with Gasteiger partial charge in [-0.25, -0.2) is 17.5 Å². The number of hydrogen-bond donors (Lipinski definition) is 2. The second-order valence-corrected chi connectivity index (χ2v) is 7.05. The Hall–Kier alpha value is -0.790. The van der Waals surface area contributed by atoms with Gasteiger partial charge in [0, 0.05) is 11.8 Å². The van der Waals surface area contributed by atoms with Crippen LogP contribution in [0.1, 0.15) is 12.8 Å². The van der Waals surface area contributed by atoms with Gasteiger partial charge >= 0.3 is 0 Å². The Kier molecular flexibility index (Phi) is 4.14. The molecule has 0 bridgehead atoms. The molecule has 0 aromatic heterocycles. The summed E-state index contributed by atoms with van der Waals surface area (Å²) in [6, 6.07) is 3.24. The van der Waals surface area contributed by atoms with E-state index in [0.29, 0.717) is 0 Å². The van der Waals surface area contributed by atoms with Crippen LogP contribution in [0.5, 0.6) is 0 Å². The number of rotatable bonds is 3. The Balaban J connectivity index is 2.19. The Morgan fingerprint density at radius 2 is 2.22 bits per heavy atom. The summed E-state index contributed by atoms with van der Waals surface area (Å²) < 4.78 is 39.7. The maximum absolute atomic E-state index is 12.9. The standard InChI is InChI=1S/C11H15FN2O2S2/c12-8-3-4-11(10(13)6-8)18(15,16)14-9-2-1-5-17-7-9/h3-4,6,9,14H,1-2,5,7,13H2. The van der Waals surface area contributed by atoms with Crippen molar-refractivity contribution in [1.82, 2.24) is 4.72 Å². The highest BCUT2D eigenvalue weighted by molar-refractivity contribution is 7.99. The lowest BCUT2D eigenvalue weighted by atomic mass is 10.2. The number of benzene rings is 1. The Morgan fingerprint density at radius 1 is 1.44 bits per heavy atom. The average molecular weight is 290 g/mol. The first kappa shape index (κ1) is 13.6. The molecular weight excluding hydrogens is 275 g/mol. The summed E-state index contributed by atoms with van der Waals surface area (Å²) in [6.45, 7) is 0. The minimum Gasteiger partial charge on any atom is -0.398 e. The fraction of sp³-hybridized carbons (Fsp3) is 0.455. The molecule has 18 heavy (non-hydrogen) atoms. The summed E-state index contributed by atoms with van der Waals surface area (Å²) in [5, 5.41) is 0. The number of thioether (sulfide) groups is 1. The number of anilines is 1. The number of halogens is 1. The van der Waals surface area contributed by atoms with Gasteiger partial charge in [-0.3, -0.25) is 0 Å². The van der Waals surface area contributed by atoms with Crippen molar-refractivity contribution < 1.29 is 12.8 Å². The van der Waals surface area contributed by atoms with Crippen LogP contribution >= 0.6 is 11.8 Å². The zero-order chi connectivity index (χ0) is 13.2. The van der Waals surface area contributed by atoms with Gasteiger partial charge in [-0.05, 0) is 36.8 Å². The van der Waals surface area contributed by atoms with E-state index >= 15 is 0 Å². The van der Waals surface area contributed by atoms with Crippen LogP contribution in [0.25, 0.3) is 0 Å². The van der Waals surface area contributed by atoms with Crippen LogP contribution in [0.2, 0.25) is 0 Å². The van der Waals surface area contributed by atoms with Crippen molar-refractivity contribution >= 4 is 27.5 Å². The highest BCUT2D eigenvalue weighted by Gasteiger charge is 2.23. The minimum atomic E-state index is -3.66. The molecule has 3 N–H and O–H groups in total. The molecule has 1 aliphatic rings. The Morgan fingerprint density at radius 3 is 2.83 bits per heavy atom. The van der Waals surface area contributed by atoms with Gasteiger partial charge in [0.1, 0.15) is 10.7 Å². The van der Waals surface area contributed by atoms with Gasteiger partial charge < -0.3 is 5.73 Å². The van der Waals surface area contributed by atoms with Crippen molar-refractivity contribution in [3.8, 4) is 0 Å². The summed E-state index contributed by atoms with van der Waals surface area (Å²) in [6.07, 6.45) is 1.82. The highest BCUT2D eigenvalue weighted by atomic mass is 32.2. The van der Waals surface area contributed by atoms with Gasteiger partial charge in [0.25, 0.3) is 0 Å². The molecule has 0 spiro atoms. The minimum absolute atomic E-state index is 0.0560. The number of hydrogen-bond acceptors (Lipinski definition) is 4. The van der Waals surface area contributed by atoms with Crippen molar-refractivity contribution in [2.24, 2.45) is 0 Å². The molecule has 1 unspecified atom stereocenters. The quantitative estimate of drug-likeness (QED) is 0.829. The monoisotopic (exact) mass is 290 g/mol. The third-order valence-corrected chi connectivity index (χ3v) is 5.55. The molecule has 4 nitrogen and oxygen atoms in total. The van der Waals surface area contributed by atoms with E-state index in [4.69, 9.17) is 5.73 Å². The van der Waals surface area contributed by atoms with Crippen molar-refractivity contribution in [3.05, 3.63) is 24.0 Å². The van der Waals surface area contributed by atoms with E-state index in [1.54, 1.807) is 11.8 Å². The maximum Gasteiger partial charge on any atom is 0.242 e. The van der Waals surface area contributed by atoms with Gasteiger partial charge in [-0.15, -0.1) is 0 Å². The van der Waals surface area contributed by atoms with E-state index in [1.807, 2.05) is 0 Å². The van der Waals surface area contributed by atoms with Crippen molar-refractivity contribution in [1.29, 1.82) is 0 Å². The lowest BCUT2D eigenvalue weighted by molar-refractivity contribution is 0.543. The molecule has 1 aliphatic heterocycles.